The predicted molar refractivity (Wildman–Crippen MR) is 63.7 cm³/mol. The highest BCUT2D eigenvalue weighted by Gasteiger charge is 2.28. The highest BCUT2D eigenvalue weighted by Crippen LogP contribution is 2.29. The van der Waals surface area contributed by atoms with Crippen LogP contribution in [0.3, 0.4) is 0 Å². The lowest BCUT2D eigenvalue weighted by Gasteiger charge is -2.29. The number of nitrogens with one attached hydrogen (secondary N) is 1. The Morgan fingerprint density at radius 2 is 2.29 bits per heavy atom. The van der Waals surface area contributed by atoms with E-state index in [4.69, 9.17) is 4.52 Å². The van der Waals surface area contributed by atoms with Crippen LogP contribution in [0.4, 0.5) is 0 Å². The summed E-state index contributed by atoms with van der Waals surface area (Å²) in [6, 6.07) is 0.333. The lowest BCUT2D eigenvalue weighted by atomic mass is 10.0. The monoisotopic (exact) mass is 236 g/mol. The quantitative estimate of drug-likeness (QED) is 0.839. The van der Waals surface area contributed by atoms with Crippen LogP contribution in [0.5, 0.6) is 0 Å². The number of nitrogens with zero attached hydrogens (tertiary/aromatic N) is 3. The van der Waals surface area contributed by atoms with E-state index in [1.54, 1.807) is 0 Å². The fraction of sp³-hybridized carbons (Fsp3) is 0.833. The fourth-order valence-electron chi connectivity index (χ4n) is 2.81. The Morgan fingerprint density at radius 1 is 1.35 bits per heavy atom. The largest absolute Gasteiger partial charge is 0.338 e. The van der Waals surface area contributed by atoms with Gasteiger partial charge >= 0.3 is 0 Å². The molecule has 1 aromatic rings. The number of aromatic nitrogens is 2. The zero-order valence-corrected chi connectivity index (χ0v) is 10.4. The van der Waals surface area contributed by atoms with E-state index in [-0.39, 0.29) is 0 Å². The summed E-state index contributed by atoms with van der Waals surface area (Å²) in [6.07, 6.45) is 4.80. The van der Waals surface area contributed by atoms with Crippen molar-refractivity contribution >= 4 is 0 Å². The van der Waals surface area contributed by atoms with Crippen molar-refractivity contribution in [3.05, 3.63) is 11.7 Å². The molecule has 94 valence electrons. The highest BCUT2D eigenvalue weighted by molar-refractivity contribution is 5.02. The Bertz CT molecular complexity index is 372. The molecule has 0 saturated carbocycles. The molecule has 17 heavy (non-hydrogen) atoms. The number of hydrogen-bond acceptors (Lipinski definition) is 5. The van der Waals surface area contributed by atoms with Gasteiger partial charge in [-0.2, -0.15) is 4.98 Å². The molecular weight excluding hydrogens is 216 g/mol. The Hall–Kier alpha value is -0.940. The zero-order chi connectivity index (χ0) is 11.7. The fourth-order valence-corrected chi connectivity index (χ4v) is 2.81. The van der Waals surface area contributed by atoms with E-state index in [1.165, 1.54) is 12.8 Å². The minimum absolute atomic E-state index is 0.333. The van der Waals surface area contributed by atoms with E-state index < -0.39 is 0 Å². The highest BCUT2D eigenvalue weighted by atomic mass is 16.5. The first-order valence-corrected chi connectivity index (χ1v) is 6.59. The summed E-state index contributed by atoms with van der Waals surface area (Å²) in [7, 11) is 2.14. The molecule has 2 aliphatic heterocycles. The van der Waals surface area contributed by atoms with Gasteiger partial charge in [-0.3, -0.25) is 4.90 Å². The number of likely N-dealkylation sites (tertiary alicyclic amines) is 1. The number of piperidine rings is 1. The summed E-state index contributed by atoms with van der Waals surface area (Å²) in [5, 5.41) is 7.49. The molecule has 0 spiro atoms. The molecule has 3 rings (SSSR count). The molecule has 0 radical (unpaired) electrons. The van der Waals surface area contributed by atoms with Crippen LogP contribution in [-0.4, -0.2) is 41.7 Å². The molecular formula is C12H20N4O. The Kier molecular flexibility index (Phi) is 3.11. The normalized spacial score (nSPS) is 30.9. The molecule has 0 aromatic carbocycles. The summed E-state index contributed by atoms with van der Waals surface area (Å²) in [4.78, 5) is 6.93. The first-order chi connectivity index (χ1) is 8.34. The average Bonchev–Trinajstić information content (AvgIpc) is 3.00. The van der Waals surface area contributed by atoms with E-state index in [0.29, 0.717) is 12.0 Å². The van der Waals surface area contributed by atoms with Crippen molar-refractivity contribution in [2.45, 2.75) is 37.6 Å². The summed E-state index contributed by atoms with van der Waals surface area (Å²) < 4.78 is 5.46. The van der Waals surface area contributed by atoms with Gasteiger partial charge in [0.15, 0.2) is 5.82 Å². The van der Waals surface area contributed by atoms with E-state index in [0.717, 1.165) is 44.2 Å². The standard InChI is InChI=1S/C12H20N4O/c1-16-7-3-2-4-10(16)12-14-11(15-17-12)9-5-6-13-8-9/h9-10,13H,2-8H2,1H3. The van der Waals surface area contributed by atoms with Crippen LogP contribution in [0, 0.1) is 0 Å². The number of rotatable bonds is 2. The first-order valence-electron chi connectivity index (χ1n) is 6.59. The second-order valence-electron chi connectivity index (χ2n) is 5.17. The molecule has 5 nitrogen and oxygen atoms in total. The maximum atomic E-state index is 5.46. The van der Waals surface area contributed by atoms with Gasteiger partial charge in [-0.1, -0.05) is 11.6 Å². The minimum atomic E-state index is 0.333. The van der Waals surface area contributed by atoms with Crippen molar-refractivity contribution in [3.63, 3.8) is 0 Å². The first kappa shape index (κ1) is 11.2. The molecule has 5 heteroatoms. The van der Waals surface area contributed by atoms with Crippen molar-refractivity contribution in [2.24, 2.45) is 0 Å². The van der Waals surface area contributed by atoms with Gasteiger partial charge in [0, 0.05) is 12.5 Å². The van der Waals surface area contributed by atoms with Crippen LogP contribution in [0.2, 0.25) is 0 Å². The molecule has 2 saturated heterocycles. The maximum Gasteiger partial charge on any atom is 0.243 e. The minimum Gasteiger partial charge on any atom is -0.338 e. The SMILES string of the molecule is CN1CCCCC1c1nc(C2CCNC2)no1. The van der Waals surface area contributed by atoms with E-state index in [2.05, 4.69) is 27.4 Å². The van der Waals surface area contributed by atoms with Crippen molar-refractivity contribution in [1.82, 2.24) is 20.4 Å². The Morgan fingerprint density at radius 3 is 3.06 bits per heavy atom. The molecule has 2 unspecified atom stereocenters. The smallest absolute Gasteiger partial charge is 0.243 e. The topological polar surface area (TPSA) is 54.2 Å². The van der Waals surface area contributed by atoms with Crippen molar-refractivity contribution in [3.8, 4) is 0 Å². The summed E-state index contributed by atoms with van der Waals surface area (Å²) in [6.45, 7) is 3.19. The van der Waals surface area contributed by atoms with Gasteiger partial charge in [-0.05, 0) is 39.4 Å². The van der Waals surface area contributed by atoms with Gasteiger partial charge in [0.2, 0.25) is 5.89 Å². The molecule has 0 bridgehead atoms. The van der Waals surface area contributed by atoms with Crippen LogP contribution in [0.15, 0.2) is 4.52 Å². The molecule has 1 N–H and O–H groups in total. The average molecular weight is 236 g/mol. The molecule has 3 heterocycles. The third-order valence-corrected chi connectivity index (χ3v) is 3.94. The third kappa shape index (κ3) is 2.21. The van der Waals surface area contributed by atoms with Gasteiger partial charge in [-0.15, -0.1) is 0 Å². The Balaban J connectivity index is 1.74. The third-order valence-electron chi connectivity index (χ3n) is 3.94. The summed E-state index contributed by atoms with van der Waals surface area (Å²) >= 11 is 0. The van der Waals surface area contributed by atoms with Gasteiger partial charge < -0.3 is 9.84 Å². The number of hydrogen-bond donors (Lipinski definition) is 1. The van der Waals surface area contributed by atoms with Crippen LogP contribution in [0.25, 0.3) is 0 Å². The van der Waals surface area contributed by atoms with Crippen molar-refractivity contribution < 1.29 is 4.52 Å². The van der Waals surface area contributed by atoms with E-state index in [1.807, 2.05) is 0 Å². The second-order valence-corrected chi connectivity index (χ2v) is 5.17. The molecule has 2 aliphatic rings. The van der Waals surface area contributed by atoms with Gasteiger partial charge in [0.25, 0.3) is 0 Å². The van der Waals surface area contributed by atoms with Crippen molar-refractivity contribution in [2.75, 3.05) is 26.7 Å². The lowest BCUT2D eigenvalue weighted by molar-refractivity contribution is 0.150. The summed E-state index contributed by atoms with van der Waals surface area (Å²) in [5.41, 5.74) is 0. The van der Waals surface area contributed by atoms with E-state index >= 15 is 0 Å². The molecule has 0 aliphatic carbocycles. The van der Waals surface area contributed by atoms with Gasteiger partial charge in [0.05, 0.1) is 6.04 Å². The van der Waals surface area contributed by atoms with Gasteiger partial charge in [0.1, 0.15) is 0 Å². The van der Waals surface area contributed by atoms with E-state index in [9.17, 15) is 0 Å². The van der Waals surface area contributed by atoms with Crippen LogP contribution in [0.1, 0.15) is 49.4 Å². The zero-order valence-electron chi connectivity index (χ0n) is 10.4. The predicted octanol–water partition coefficient (Wildman–Crippen LogP) is 1.30. The molecule has 2 fully saturated rings. The molecule has 1 aromatic heterocycles. The molecule has 0 amide bonds. The Labute approximate surface area is 102 Å². The maximum absolute atomic E-state index is 5.46. The van der Waals surface area contributed by atoms with Crippen LogP contribution >= 0.6 is 0 Å². The molecule has 2 atom stereocenters. The van der Waals surface area contributed by atoms with Crippen LogP contribution in [-0.2, 0) is 0 Å². The summed E-state index contributed by atoms with van der Waals surface area (Å²) in [5.74, 6) is 2.15. The lowest BCUT2D eigenvalue weighted by Crippen LogP contribution is -2.29. The van der Waals surface area contributed by atoms with Crippen LogP contribution < -0.4 is 5.32 Å². The second kappa shape index (κ2) is 4.74. The van der Waals surface area contributed by atoms with Crippen molar-refractivity contribution in [1.29, 1.82) is 0 Å². The van der Waals surface area contributed by atoms with Gasteiger partial charge in [-0.25, -0.2) is 0 Å².